The van der Waals surface area contributed by atoms with Crippen LogP contribution in [0, 0.1) is 0 Å². The molecule has 0 aromatic heterocycles. The molecule has 1 aliphatic heterocycles. The smallest absolute Gasteiger partial charge is 0.0589 e. The van der Waals surface area contributed by atoms with Gasteiger partial charge >= 0.3 is 0 Å². The molecule has 0 amide bonds. The standard InChI is InChI=1S/C15H24N2O/c1-3-17(10-11-18-2)14-9-8-13-6-4-5-7-15(13)16-12-14/h4-7,14,16H,3,8-12H2,1-2H3. The molecular weight excluding hydrogens is 224 g/mol. The summed E-state index contributed by atoms with van der Waals surface area (Å²) in [7, 11) is 1.77. The van der Waals surface area contributed by atoms with Crippen LogP contribution in [0.15, 0.2) is 24.3 Å². The van der Waals surface area contributed by atoms with Crippen LogP contribution in [0.5, 0.6) is 0 Å². The van der Waals surface area contributed by atoms with Crippen molar-refractivity contribution in [1.29, 1.82) is 0 Å². The lowest BCUT2D eigenvalue weighted by atomic mass is 10.1. The lowest BCUT2D eigenvalue weighted by Crippen LogP contribution is -2.41. The van der Waals surface area contributed by atoms with Crippen LogP contribution >= 0.6 is 0 Å². The summed E-state index contributed by atoms with van der Waals surface area (Å²) < 4.78 is 5.20. The Morgan fingerprint density at radius 3 is 3.00 bits per heavy atom. The molecule has 3 nitrogen and oxygen atoms in total. The molecule has 0 aliphatic carbocycles. The molecule has 1 aliphatic rings. The summed E-state index contributed by atoms with van der Waals surface area (Å²) in [5.74, 6) is 0. The number of para-hydroxylation sites is 1. The first-order chi connectivity index (χ1) is 8.85. The van der Waals surface area contributed by atoms with Crippen molar-refractivity contribution in [2.24, 2.45) is 0 Å². The second-order valence-corrected chi connectivity index (χ2v) is 4.85. The van der Waals surface area contributed by atoms with Crippen LogP contribution in [0.1, 0.15) is 18.9 Å². The van der Waals surface area contributed by atoms with Crippen molar-refractivity contribution in [3.8, 4) is 0 Å². The van der Waals surface area contributed by atoms with Gasteiger partial charge in [-0.1, -0.05) is 25.1 Å². The molecule has 0 spiro atoms. The second-order valence-electron chi connectivity index (χ2n) is 4.85. The van der Waals surface area contributed by atoms with Crippen LogP contribution < -0.4 is 5.32 Å². The van der Waals surface area contributed by atoms with Gasteiger partial charge in [-0.05, 0) is 31.0 Å². The summed E-state index contributed by atoms with van der Waals surface area (Å²) in [6, 6.07) is 9.26. The first kappa shape index (κ1) is 13.4. The number of nitrogens with one attached hydrogen (secondary N) is 1. The molecule has 0 radical (unpaired) electrons. The maximum absolute atomic E-state index is 5.20. The molecule has 1 unspecified atom stereocenters. The fraction of sp³-hybridized carbons (Fsp3) is 0.600. The number of ether oxygens (including phenoxy) is 1. The fourth-order valence-corrected chi connectivity index (χ4v) is 2.68. The number of likely N-dealkylation sites (N-methyl/N-ethyl adjacent to an activating group) is 1. The minimum Gasteiger partial charge on any atom is -0.383 e. The molecule has 3 heteroatoms. The number of hydrogen-bond acceptors (Lipinski definition) is 3. The number of hydrogen-bond donors (Lipinski definition) is 1. The van der Waals surface area contributed by atoms with E-state index in [-0.39, 0.29) is 0 Å². The molecule has 1 N–H and O–H groups in total. The van der Waals surface area contributed by atoms with Crippen LogP contribution in [-0.4, -0.2) is 44.3 Å². The molecule has 1 aromatic rings. The largest absolute Gasteiger partial charge is 0.383 e. The average Bonchev–Trinajstić information content (AvgIpc) is 2.63. The molecular formula is C15H24N2O. The fourth-order valence-electron chi connectivity index (χ4n) is 2.68. The zero-order valence-corrected chi connectivity index (χ0v) is 11.5. The maximum Gasteiger partial charge on any atom is 0.0589 e. The molecule has 1 heterocycles. The highest BCUT2D eigenvalue weighted by Crippen LogP contribution is 2.22. The highest BCUT2D eigenvalue weighted by atomic mass is 16.5. The van der Waals surface area contributed by atoms with Crippen molar-refractivity contribution in [3.05, 3.63) is 29.8 Å². The molecule has 18 heavy (non-hydrogen) atoms. The summed E-state index contributed by atoms with van der Waals surface area (Å²) in [5.41, 5.74) is 2.76. The maximum atomic E-state index is 5.20. The molecule has 0 fully saturated rings. The average molecular weight is 248 g/mol. The van der Waals surface area contributed by atoms with Crippen molar-refractivity contribution in [1.82, 2.24) is 4.90 Å². The SMILES string of the molecule is CCN(CCOC)C1CCc2ccccc2NC1. The van der Waals surface area contributed by atoms with E-state index in [1.807, 2.05) is 0 Å². The summed E-state index contributed by atoms with van der Waals surface area (Å²) >= 11 is 0. The number of nitrogens with zero attached hydrogens (tertiary/aromatic N) is 1. The van der Waals surface area contributed by atoms with Gasteiger partial charge in [0.2, 0.25) is 0 Å². The van der Waals surface area contributed by atoms with Gasteiger partial charge in [0.05, 0.1) is 6.61 Å². The summed E-state index contributed by atoms with van der Waals surface area (Å²) in [4.78, 5) is 2.52. The molecule has 0 bridgehead atoms. The third kappa shape index (κ3) is 3.24. The Kier molecular flexibility index (Phi) is 5.02. The van der Waals surface area contributed by atoms with E-state index >= 15 is 0 Å². The Morgan fingerprint density at radius 1 is 1.39 bits per heavy atom. The van der Waals surface area contributed by atoms with E-state index in [1.54, 1.807) is 7.11 Å². The Labute approximate surface area is 110 Å². The second kappa shape index (κ2) is 6.76. The van der Waals surface area contributed by atoms with E-state index in [0.29, 0.717) is 6.04 Å². The van der Waals surface area contributed by atoms with Gasteiger partial charge in [-0.3, -0.25) is 4.90 Å². The summed E-state index contributed by atoms with van der Waals surface area (Å²) in [5, 5.41) is 3.58. The number of methoxy groups -OCH3 is 1. The topological polar surface area (TPSA) is 24.5 Å². The van der Waals surface area contributed by atoms with Crippen LogP contribution in [0.2, 0.25) is 0 Å². The molecule has 1 aromatic carbocycles. The highest BCUT2D eigenvalue weighted by molar-refractivity contribution is 5.52. The highest BCUT2D eigenvalue weighted by Gasteiger charge is 2.20. The third-order valence-electron chi connectivity index (χ3n) is 3.80. The first-order valence-corrected chi connectivity index (χ1v) is 6.90. The molecule has 100 valence electrons. The van der Waals surface area contributed by atoms with E-state index < -0.39 is 0 Å². The molecule has 0 saturated heterocycles. The number of benzene rings is 1. The van der Waals surface area contributed by atoms with Gasteiger partial charge in [0.1, 0.15) is 0 Å². The number of aryl methyl sites for hydroxylation is 1. The minimum absolute atomic E-state index is 0.609. The van der Waals surface area contributed by atoms with Crippen LogP contribution in [-0.2, 0) is 11.2 Å². The van der Waals surface area contributed by atoms with E-state index in [2.05, 4.69) is 41.4 Å². The Morgan fingerprint density at radius 2 is 2.22 bits per heavy atom. The first-order valence-electron chi connectivity index (χ1n) is 6.90. The summed E-state index contributed by atoms with van der Waals surface area (Å²) in [6.45, 7) is 6.20. The number of rotatable bonds is 5. The Hall–Kier alpha value is -1.06. The van der Waals surface area contributed by atoms with E-state index in [0.717, 1.165) is 32.7 Å². The lowest BCUT2D eigenvalue weighted by molar-refractivity contribution is 0.124. The van der Waals surface area contributed by atoms with Crippen LogP contribution in [0.4, 0.5) is 5.69 Å². The quantitative estimate of drug-likeness (QED) is 0.866. The normalized spacial score (nSPS) is 19.2. The van der Waals surface area contributed by atoms with E-state index in [9.17, 15) is 0 Å². The van der Waals surface area contributed by atoms with Gasteiger partial charge in [0.15, 0.2) is 0 Å². The van der Waals surface area contributed by atoms with Gasteiger partial charge in [-0.15, -0.1) is 0 Å². The van der Waals surface area contributed by atoms with Gasteiger partial charge in [0, 0.05) is 31.9 Å². The lowest BCUT2D eigenvalue weighted by Gasteiger charge is -2.29. The van der Waals surface area contributed by atoms with Crippen molar-refractivity contribution in [2.75, 3.05) is 38.7 Å². The van der Waals surface area contributed by atoms with Gasteiger partial charge in [-0.2, -0.15) is 0 Å². The number of fused-ring (bicyclic) bond motifs is 1. The Balaban J connectivity index is 1.97. The molecule has 2 rings (SSSR count). The third-order valence-corrected chi connectivity index (χ3v) is 3.80. The Bertz CT molecular complexity index is 340. The van der Waals surface area contributed by atoms with Gasteiger partial charge in [0.25, 0.3) is 0 Å². The van der Waals surface area contributed by atoms with Gasteiger partial charge < -0.3 is 10.1 Å². The predicted octanol–water partition coefficient (Wildman–Crippen LogP) is 2.38. The predicted molar refractivity (Wildman–Crippen MR) is 76.2 cm³/mol. The number of anilines is 1. The van der Waals surface area contributed by atoms with Gasteiger partial charge in [-0.25, -0.2) is 0 Å². The molecule has 1 atom stereocenters. The van der Waals surface area contributed by atoms with E-state index in [1.165, 1.54) is 17.7 Å². The van der Waals surface area contributed by atoms with Crippen LogP contribution in [0.25, 0.3) is 0 Å². The van der Waals surface area contributed by atoms with Crippen molar-refractivity contribution in [2.45, 2.75) is 25.8 Å². The molecule has 0 saturated carbocycles. The van der Waals surface area contributed by atoms with Crippen molar-refractivity contribution >= 4 is 5.69 Å². The van der Waals surface area contributed by atoms with Crippen LogP contribution in [0.3, 0.4) is 0 Å². The van der Waals surface area contributed by atoms with E-state index in [4.69, 9.17) is 4.74 Å². The van der Waals surface area contributed by atoms with Crippen molar-refractivity contribution < 1.29 is 4.74 Å². The monoisotopic (exact) mass is 248 g/mol. The summed E-state index contributed by atoms with van der Waals surface area (Å²) in [6.07, 6.45) is 2.39. The zero-order valence-electron chi connectivity index (χ0n) is 11.5. The van der Waals surface area contributed by atoms with Crippen molar-refractivity contribution in [3.63, 3.8) is 0 Å². The zero-order chi connectivity index (χ0) is 12.8. The minimum atomic E-state index is 0.609.